The predicted octanol–water partition coefficient (Wildman–Crippen LogP) is 1.22. The van der Waals surface area contributed by atoms with E-state index in [-0.39, 0.29) is 22.9 Å². The fourth-order valence-electron chi connectivity index (χ4n) is 2.41. The van der Waals surface area contributed by atoms with E-state index in [2.05, 4.69) is 5.32 Å². The first-order valence-corrected chi connectivity index (χ1v) is 8.33. The van der Waals surface area contributed by atoms with Crippen molar-refractivity contribution >= 4 is 15.9 Å². The van der Waals surface area contributed by atoms with Crippen molar-refractivity contribution in [2.24, 2.45) is 5.92 Å². The van der Waals surface area contributed by atoms with Crippen LogP contribution in [0.1, 0.15) is 30.1 Å². The Morgan fingerprint density at radius 3 is 2.70 bits per heavy atom. The summed E-state index contributed by atoms with van der Waals surface area (Å²) in [6, 6.07) is 6.98. The molecular weight excluding hydrogens is 276 g/mol. The van der Waals surface area contributed by atoms with E-state index in [1.54, 1.807) is 18.2 Å². The molecule has 1 aromatic carbocycles. The highest BCUT2D eigenvalue weighted by Gasteiger charge is 2.41. The Morgan fingerprint density at radius 1 is 1.35 bits per heavy atom. The lowest BCUT2D eigenvalue weighted by Crippen LogP contribution is -2.37. The van der Waals surface area contributed by atoms with E-state index in [1.807, 2.05) is 6.92 Å². The van der Waals surface area contributed by atoms with Gasteiger partial charge in [-0.15, -0.1) is 0 Å². The number of rotatable bonds is 5. The monoisotopic (exact) mass is 294 g/mol. The van der Waals surface area contributed by atoms with E-state index in [1.165, 1.54) is 18.9 Å². The van der Waals surface area contributed by atoms with Gasteiger partial charge in [-0.3, -0.25) is 4.79 Å². The Labute approximate surface area is 119 Å². The molecule has 0 radical (unpaired) electrons. The Balaban J connectivity index is 1.75. The van der Waals surface area contributed by atoms with Crippen LogP contribution in [0.4, 0.5) is 0 Å². The molecule has 1 atom stereocenters. The summed E-state index contributed by atoms with van der Waals surface area (Å²) in [4.78, 5) is 12.4. The van der Waals surface area contributed by atoms with Crippen LogP contribution in [-0.2, 0) is 10.0 Å². The molecule has 2 aliphatic rings. The van der Waals surface area contributed by atoms with Crippen molar-refractivity contribution in [3.8, 4) is 0 Å². The zero-order valence-corrected chi connectivity index (χ0v) is 12.2. The SMILES string of the molecule is CC(CNC1CC1)CN1C(=O)c2ccccc2S1(=O)=O. The maximum atomic E-state index is 12.4. The number of nitrogens with zero attached hydrogens (tertiary/aromatic N) is 1. The fourth-order valence-corrected chi connectivity index (χ4v) is 4.10. The molecule has 0 bridgehead atoms. The van der Waals surface area contributed by atoms with Crippen molar-refractivity contribution in [2.45, 2.75) is 30.7 Å². The summed E-state index contributed by atoms with van der Waals surface area (Å²) in [7, 11) is -3.66. The molecule has 0 saturated heterocycles. The van der Waals surface area contributed by atoms with Crippen molar-refractivity contribution in [2.75, 3.05) is 13.1 Å². The summed E-state index contributed by atoms with van der Waals surface area (Å²) in [5.41, 5.74) is 0.287. The number of carbonyl (C=O) groups excluding carboxylic acids is 1. The number of amides is 1. The predicted molar refractivity (Wildman–Crippen MR) is 74.9 cm³/mol. The summed E-state index contributed by atoms with van der Waals surface area (Å²) in [5, 5.41) is 3.36. The lowest BCUT2D eigenvalue weighted by molar-refractivity contribution is 0.0858. The van der Waals surface area contributed by atoms with E-state index in [0.29, 0.717) is 6.04 Å². The van der Waals surface area contributed by atoms with Crippen LogP contribution in [0.5, 0.6) is 0 Å². The van der Waals surface area contributed by atoms with Gasteiger partial charge in [0.05, 0.1) is 5.56 Å². The standard InChI is InChI=1S/C14H18N2O3S/c1-10(8-15-11-6-7-11)9-16-14(17)12-4-2-3-5-13(12)20(16,18)19/h2-5,10-11,15H,6-9H2,1H3. The molecule has 1 N–H and O–H groups in total. The first kappa shape index (κ1) is 13.6. The first-order chi connectivity index (χ1) is 9.50. The number of benzene rings is 1. The van der Waals surface area contributed by atoms with Gasteiger partial charge in [0.25, 0.3) is 15.9 Å². The van der Waals surface area contributed by atoms with Gasteiger partial charge in [0.15, 0.2) is 0 Å². The minimum atomic E-state index is -3.66. The zero-order valence-electron chi connectivity index (χ0n) is 11.4. The molecule has 1 aromatic rings. The van der Waals surface area contributed by atoms with Crippen LogP contribution in [0, 0.1) is 5.92 Å². The summed E-state index contributed by atoms with van der Waals surface area (Å²) < 4.78 is 25.7. The summed E-state index contributed by atoms with van der Waals surface area (Å²) in [6.45, 7) is 2.93. The number of fused-ring (bicyclic) bond motifs is 1. The van der Waals surface area contributed by atoms with Crippen LogP contribution < -0.4 is 5.32 Å². The Hall–Kier alpha value is -1.40. The molecule has 6 heteroatoms. The highest BCUT2D eigenvalue weighted by molar-refractivity contribution is 7.90. The van der Waals surface area contributed by atoms with Crippen LogP contribution in [0.2, 0.25) is 0 Å². The smallest absolute Gasteiger partial charge is 0.269 e. The third-order valence-electron chi connectivity index (χ3n) is 3.72. The van der Waals surface area contributed by atoms with Crippen molar-refractivity contribution in [3.05, 3.63) is 29.8 Å². The van der Waals surface area contributed by atoms with Crippen LogP contribution in [-0.4, -0.2) is 37.8 Å². The number of nitrogens with one attached hydrogen (secondary N) is 1. The Morgan fingerprint density at radius 2 is 2.05 bits per heavy atom. The molecule has 20 heavy (non-hydrogen) atoms. The van der Waals surface area contributed by atoms with E-state index >= 15 is 0 Å². The van der Waals surface area contributed by atoms with Gasteiger partial charge in [0.2, 0.25) is 0 Å². The molecule has 1 amide bonds. The van der Waals surface area contributed by atoms with Gasteiger partial charge in [-0.25, -0.2) is 12.7 Å². The van der Waals surface area contributed by atoms with Crippen LogP contribution >= 0.6 is 0 Å². The summed E-state index contributed by atoms with van der Waals surface area (Å²) >= 11 is 0. The number of hydrogen-bond acceptors (Lipinski definition) is 4. The Kier molecular flexibility index (Phi) is 3.30. The third-order valence-corrected chi connectivity index (χ3v) is 5.53. The first-order valence-electron chi connectivity index (χ1n) is 6.89. The molecular formula is C14H18N2O3S. The summed E-state index contributed by atoms with van der Waals surface area (Å²) in [6.07, 6.45) is 2.39. The maximum Gasteiger partial charge on any atom is 0.269 e. The highest BCUT2D eigenvalue weighted by atomic mass is 32.2. The second kappa shape index (κ2) is 4.86. The minimum absolute atomic E-state index is 0.101. The zero-order chi connectivity index (χ0) is 14.3. The molecule has 1 saturated carbocycles. The topological polar surface area (TPSA) is 66.5 Å². The molecule has 108 valence electrons. The number of carbonyl (C=O) groups is 1. The Bertz CT molecular complexity index is 638. The van der Waals surface area contributed by atoms with Crippen molar-refractivity contribution in [1.29, 1.82) is 0 Å². The minimum Gasteiger partial charge on any atom is -0.314 e. The quantitative estimate of drug-likeness (QED) is 0.886. The number of sulfonamides is 1. The van der Waals surface area contributed by atoms with E-state index in [4.69, 9.17) is 0 Å². The molecule has 3 rings (SSSR count). The van der Waals surface area contributed by atoms with Gasteiger partial charge in [0, 0.05) is 12.6 Å². The van der Waals surface area contributed by atoms with Crippen LogP contribution in [0.25, 0.3) is 0 Å². The van der Waals surface area contributed by atoms with E-state index < -0.39 is 15.9 Å². The molecule has 1 heterocycles. The normalized spacial score (nSPS) is 21.9. The lowest BCUT2D eigenvalue weighted by Gasteiger charge is -2.20. The average Bonchev–Trinajstić information content (AvgIpc) is 3.23. The number of hydrogen-bond donors (Lipinski definition) is 1. The van der Waals surface area contributed by atoms with E-state index in [0.717, 1.165) is 10.8 Å². The summed E-state index contributed by atoms with van der Waals surface area (Å²) in [5.74, 6) is -0.303. The molecule has 0 aromatic heterocycles. The van der Waals surface area contributed by atoms with Gasteiger partial charge in [-0.05, 0) is 37.4 Å². The molecule has 1 aliphatic carbocycles. The molecule has 5 nitrogen and oxygen atoms in total. The fraction of sp³-hybridized carbons (Fsp3) is 0.500. The van der Waals surface area contributed by atoms with Gasteiger partial charge in [-0.2, -0.15) is 0 Å². The highest BCUT2D eigenvalue weighted by Crippen LogP contribution is 2.30. The lowest BCUT2D eigenvalue weighted by atomic mass is 10.1. The van der Waals surface area contributed by atoms with E-state index in [9.17, 15) is 13.2 Å². The molecule has 1 unspecified atom stereocenters. The maximum absolute atomic E-state index is 12.4. The van der Waals surface area contributed by atoms with Gasteiger partial charge >= 0.3 is 0 Å². The van der Waals surface area contributed by atoms with Gasteiger partial charge in [-0.1, -0.05) is 19.1 Å². The van der Waals surface area contributed by atoms with Crippen LogP contribution in [0.15, 0.2) is 29.2 Å². The van der Waals surface area contributed by atoms with Gasteiger partial charge < -0.3 is 5.32 Å². The van der Waals surface area contributed by atoms with Crippen molar-refractivity contribution in [1.82, 2.24) is 9.62 Å². The van der Waals surface area contributed by atoms with Crippen LogP contribution in [0.3, 0.4) is 0 Å². The molecule has 0 spiro atoms. The largest absolute Gasteiger partial charge is 0.314 e. The average molecular weight is 294 g/mol. The van der Waals surface area contributed by atoms with Crippen molar-refractivity contribution in [3.63, 3.8) is 0 Å². The van der Waals surface area contributed by atoms with Gasteiger partial charge in [0.1, 0.15) is 4.90 Å². The molecule has 1 aliphatic heterocycles. The second-order valence-corrected chi connectivity index (χ2v) is 7.46. The third kappa shape index (κ3) is 2.33. The second-order valence-electron chi connectivity index (χ2n) is 5.63. The van der Waals surface area contributed by atoms with Crippen molar-refractivity contribution < 1.29 is 13.2 Å². The molecule has 1 fully saturated rings.